The minimum atomic E-state index is -0.625. The van der Waals surface area contributed by atoms with Crippen molar-refractivity contribution < 1.29 is 19.4 Å². The van der Waals surface area contributed by atoms with Gasteiger partial charge in [-0.3, -0.25) is 4.99 Å². The summed E-state index contributed by atoms with van der Waals surface area (Å²) in [5, 5.41) is 10.6. The van der Waals surface area contributed by atoms with Gasteiger partial charge in [0.25, 0.3) is 0 Å². The van der Waals surface area contributed by atoms with Crippen molar-refractivity contribution in [1.82, 2.24) is 0 Å². The second kappa shape index (κ2) is 8.85. The quantitative estimate of drug-likeness (QED) is 0.358. The largest absolute Gasteiger partial charge is 0.506 e. The molecule has 1 N–H and O–H groups in total. The van der Waals surface area contributed by atoms with Gasteiger partial charge in [0.2, 0.25) is 0 Å². The number of carbonyl (C=O) groups excluding carboxylic acids is 1. The van der Waals surface area contributed by atoms with E-state index in [2.05, 4.69) is 4.99 Å². The number of benzene rings is 2. The lowest BCUT2D eigenvalue weighted by molar-refractivity contribution is -0.137. The minimum absolute atomic E-state index is 0.00548. The van der Waals surface area contributed by atoms with Gasteiger partial charge < -0.3 is 14.6 Å². The maximum absolute atomic E-state index is 12.3. The molecule has 0 saturated heterocycles. The molecule has 0 amide bonds. The van der Waals surface area contributed by atoms with Gasteiger partial charge in [0, 0.05) is 11.8 Å². The molecule has 26 heavy (non-hydrogen) atoms. The van der Waals surface area contributed by atoms with Crippen LogP contribution in [0, 0.1) is 13.8 Å². The zero-order valence-corrected chi connectivity index (χ0v) is 15.4. The normalized spacial score (nSPS) is 12.0. The van der Waals surface area contributed by atoms with Gasteiger partial charge in [0.15, 0.2) is 0 Å². The molecule has 0 atom stereocenters. The summed E-state index contributed by atoms with van der Waals surface area (Å²) < 4.78 is 10.2. The van der Waals surface area contributed by atoms with Gasteiger partial charge in [0.1, 0.15) is 17.1 Å². The molecule has 5 nitrogen and oxygen atoms in total. The van der Waals surface area contributed by atoms with E-state index in [0.29, 0.717) is 17.0 Å². The van der Waals surface area contributed by atoms with E-state index in [0.717, 1.165) is 11.1 Å². The molecule has 0 heterocycles. The van der Waals surface area contributed by atoms with Crippen LogP contribution in [0.15, 0.2) is 53.0 Å². The lowest BCUT2D eigenvalue weighted by Gasteiger charge is -2.09. The maximum atomic E-state index is 12.3. The molecular formula is C21H23NO4. The second-order valence-electron chi connectivity index (χ2n) is 5.74. The molecule has 0 aromatic heterocycles. The van der Waals surface area contributed by atoms with Crippen LogP contribution in [0.25, 0.3) is 5.76 Å². The smallest absolute Gasteiger partial charge is 0.343 e. The van der Waals surface area contributed by atoms with Crippen LogP contribution in [-0.4, -0.2) is 31.0 Å². The molecule has 0 spiro atoms. The fourth-order valence-corrected chi connectivity index (χ4v) is 2.27. The molecule has 0 aliphatic rings. The number of esters is 1. The lowest BCUT2D eigenvalue weighted by Crippen LogP contribution is -2.11. The summed E-state index contributed by atoms with van der Waals surface area (Å²) in [6.07, 6.45) is 1.32. The van der Waals surface area contributed by atoms with E-state index < -0.39 is 5.97 Å². The van der Waals surface area contributed by atoms with Crippen molar-refractivity contribution in [3.8, 4) is 5.75 Å². The van der Waals surface area contributed by atoms with Crippen molar-refractivity contribution in [2.45, 2.75) is 20.8 Å². The van der Waals surface area contributed by atoms with Gasteiger partial charge in [-0.2, -0.15) is 0 Å². The Bertz CT molecular complexity index is 836. The van der Waals surface area contributed by atoms with Gasteiger partial charge in [0.05, 0.1) is 19.4 Å². The van der Waals surface area contributed by atoms with Crippen molar-refractivity contribution in [3.63, 3.8) is 0 Å². The number of hydrogen-bond acceptors (Lipinski definition) is 5. The van der Waals surface area contributed by atoms with Gasteiger partial charge >= 0.3 is 5.97 Å². The summed E-state index contributed by atoms with van der Waals surface area (Å²) in [4.78, 5) is 16.6. The molecule has 0 unspecified atom stereocenters. The first-order chi connectivity index (χ1) is 12.5. The first kappa shape index (κ1) is 19.2. The van der Waals surface area contributed by atoms with Gasteiger partial charge in [-0.15, -0.1) is 0 Å². The van der Waals surface area contributed by atoms with Crippen LogP contribution in [0.2, 0.25) is 0 Å². The molecule has 5 heteroatoms. The van der Waals surface area contributed by atoms with E-state index in [1.54, 1.807) is 44.4 Å². The number of nitrogens with zero attached hydrogens (tertiary/aromatic N) is 1. The Morgan fingerprint density at radius 1 is 1.12 bits per heavy atom. The van der Waals surface area contributed by atoms with Crippen LogP contribution < -0.4 is 4.74 Å². The Morgan fingerprint density at radius 2 is 1.81 bits per heavy atom. The monoisotopic (exact) mass is 353 g/mol. The topological polar surface area (TPSA) is 68.1 Å². The summed E-state index contributed by atoms with van der Waals surface area (Å²) in [5.74, 6) is -0.0765. The lowest BCUT2D eigenvalue weighted by atomic mass is 10.0. The summed E-state index contributed by atoms with van der Waals surface area (Å²) in [5.41, 5.74) is 3.29. The van der Waals surface area contributed by atoms with Gasteiger partial charge in [-0.1, -0.05) is 12.1 Å². The van der Waals surface area contributed by atoms with Crippen LogP contribution in [0.4, 0.5) is 5.69 Å². The predicted molar refractivity (Wildman–Crippen MR) is 103 cm³/mol. The molecule has 0 aliphatic carbocycles. The van der Waals surface area contributed by atoms with Crippen molar-refractivity contribution in [3.05, 3.63) is 64.7 Å². The van der Waals surface area contributed by atoms with E-state index in [9.17, 15) is 9.90 Å². The summed E-state index contributed by atoms with van der Waals surface area (Å²) in [6.45, 7) is 5.85. The fourth-order valence-electron chi connectivity index (χ4n) is 2.27. The van der Waals surface area contributed by atoms with Crippen LogP contribution in [0.1, 0.15) is 23.6 Å². The second-order valence-corrected chi connectivity index (χ2v) is 5.74. The highest BCUT2D eigenvalue weighted by molar-refractivity contribution is 6.15. The van der Waals surface area contributed by atoms with E-state index in [-0.39, 0.29) is 17.9 Å². The van der Waals surface area contributed by atoms with E-state index >= 15 is 0 Å². The maximum Gasteiger partial charge on any atom is 0.343 e. The Balaban J connectivity index is 2.42. The van der Waals surface area contributed by atoms with Crippen molar-refractivity contribution in [2.75, 3.05) is 13.7 Å². The first-order valence-electron chi connectivity index (χ1n) is 8.32. The Kier molecular flexibility index (Phi) is 6.55. The zero-order valence-electron chi connectivity index (χ0n) is 15.4. The fraction of sp³-hybridized carbons (Fsp3) is 0.238. The number of methoxy groups -OCH3 is 1. The third-order valence-electron chi connectivity index (χ3n) is 3.95. The molecule has 2 aromatic rings. The third-order valence-corrected chi connectivity index (χ3v) is 3.95. The molecule has 0 bridgehead atoms. The molecule has 2 rings (SSSR count). The van der Waals surface area contributed by atoms with Crippen LogP contribution in [0.3, 0.4) is 0 Å². The predicted octanol–water partition coefficient (Wildman–Crippen LogP) is 4.55. The van der Waals surface area contributed by atoms with Crippen LogP contribution >= 0.6 is 0 Å². The highest BCUT2D eigenvalue weighted by Crippen LogP contribution is 2.21. The minimum Gasteiger partial charge on any atom is -0.506 e. The van der Waals surface area contributed by atoms with Gasteiger partial charge in [-0.25, -0.2) is 4.79 Å². The standard InChI is InChI=1S/C21H23NO4/c1-5-26-21(24)19(13-22-17-8-10-18(25-4)11-9-17)20(23)16-7-6-14(2)15(3)12-16/h6-13,23H,5H2,1-4H3. The molecule has 136 valence electrons. The molecule has 0 radical (unpaired) electrons. The molecule has 0 saturated carbocycles. The number of hydrogen-bond donors (Lipinski definition) is 1. The van der Waals surface area contributed by atoms with E-state index in [1.165, 1.54) is 6.21 Å². The number of aliphatic hydroxyl groups excluding tert-OH is 1. The number of aryl methyl sites for hydroxylation is 2. The van der Waals surface area contributed by atoms with Gasteiger partial charge in [-0.05, 0) is 62.2 Å². The molecule has 2 aromatic carbocycles. The average Bonchev–Trinajstić information content (AvgIpc) is 2.64. The average molecular weight is 353 g/mol. The van der Waals surface area contributed by atoms with Crippen molar-refractivity contribution in [2.24, 2.45) is 4.99 Å². The van der Waals surface area contributed by atoms with E-state index in [4.69, 9.17) is 9.47 Å². The molecule has 0 aliphatic heterocycles. The summed E-state index contributed by atoms with van der Waals surface area (Å²) in [7, 11) is 1.58. The first-order valence-corrected chi connectivity index (χ1v) is 8.32. The third kappa shape index (κ3) is 4.72. The Labute approximate surface area is 153 Å². The van der Waals surface area contributed by atoms with Crippen molar-refractivity contribution in [1.29, 1.82) is 0 Å². The SMILES string of the molecule is CCOC(=O)C(C=Nc1ccc(OC)cc1)=C(O)c1ccc(C)c(C)c1. The summed E-state index contributed by atoms with van der Waals surface area (Å²) >= 11 is 0. The number of rotatable bonds is 6. The Hall–Kier alpha value is -3.08. The molecular weight excluding hydrogens is 330 g/mol. The molecule has 0 fully saturated rings. The number of carbonyl (C=O) groups is 1. The zero-order chi connectivity index (χ0) is 19.1. The Morgan fingerprint density at radius 3 is 2.38 bits per heavy atom. The highest BCUT2D eigenvalue weighted by atomic mass is 16.5. The number of aliphatic hydroxyl groups is 1. The highest BCUT2D eigenvalue weighted by Gasteiger charge is 2.16. The number of ether oxygens (including phenoxy) is 2. The van der Waals surface area contributed by atoms with E-state index in [1.807, 2.05) is 26.0 Å². The van der Waals surface area contributed by atoms with Crippen LogP contribution in [0.5, 0.6) is 5.75 Å². The number of aliphatic imine (C=N–C) groups is 1. The summed E-state index contributed by atoms with van der Waals surface area (Å²) in [6, 6.07) is 12.5. The van der Waals surface area contributed by atoms with Crippen molar-refractivity contribution >= 4 is 23.6 Å². The van der Waals surface area contributed by atoms with Crippen LogP contribution in [-0.2, 0) is 9.53 Å².